The largest absolute Gasteiger partial charge is 0.445 e. The van der Waals surface area contributed by atoms with Gasteiger partial charge in [-0.3, -0.25) is 9.78 Å². The molecule has 1 aliphatic carbocycles. The first-order valence-corrected chi connectivity index (χ1v) is 11.6. The summed E-state index contributed by atoms with van der Waals surface area (Å²) < 4.78 is 106. The van der Waals surface area contributed by atoms with Crippen molar-refractivity contribution in [1.29, 1.82) is 0 Å². The highest BCUT2D eigenvalue weighted by atomic mass is 19.4. The normalized spacial score (nSPS) is 20.5. The summed E-state index contributed by atoms with van der Waals surface area (Å²) in [6.45, 7) is 2.46. The van der Waals surface area contributed by atoms with Crippen molar-refractivity contribution in [3.63, 3.8) is 0 Å². The fraction of sp³-hybridized carbons (Fsp3) is 0.333. The lowest BCUT2D eigenvalue weighted by atomic mass is 9.75. The molecule has 202 valence electrons. The Morgan fingerprint density at radius 1 is 1.00 bits per heavy atom. The number of esters is 1. The second-order valence-electron chi connectivity index (χ2n) is 8.99. The van der Waals surface area contributed by atoms with Gasteiger partial charge >= 0.3 is 18.3 Å². The lowest BCUT2D eigenvalue weighted by molar-refractivity contribution is -0.181. The van der Waals surface area contributed by atoms with Crippen molar-refractivity contribution in [3.05, 3.63) is 100 Å². The minimum atomic E-state index is -5.03. The highest BCUT2D eigenvalue weighted by Gasteiger charge is 2.52. The van der Waals surface area contributed by atoms with Crippen LogP contribution in [0, 0.1) is 5.82 Å². The van der Waals surface area contributed by atoms with Gasteiger partial charge in [0.1, 0.15) is 11.9 Å². The third-order valence-electron chi connectivity index (χ3n) is 6.40. The molecule has 0 radical (unpaired) electrons. The van der Waals surface area contributed by atoms with Crippen LogP contribution in [0.25, 0.3) is 0 Å². The van der Waals surface area contributed by atoms with Crippen molar-refractivity contribution in [3.8, 4) is 0 Å². The van der Waals surface area contributed by atoms with Crippen LogP contribution in [-0.4, -0.2) is 17.1 Å². The Kier molecular flexibility index (Phi) is 7.26. The lowest BCUT2D eigenvalue weighted by Gasteiger charge is -2.44. The molecule has 3 atom stereocenters. The molecule has 2 unspecified atom stereocenters. The molecule has 0 fully saturated rings. The summed E-state index contributed by atoms with van der Waals surface area (Å²) in [5.74, 6) is -1.31. The Morgan fingerprint density at radius 2 is 1.61 bits per heavy atom. The van der Waals surface area contributed by atoms with Gasteiger partial charge in [-0.15, -0.1) is 0 Å². The average Bonchev–Trinajstić information content (AvgIpc) is 2.84. The number of fused-ring (bicyclic) bond motifs is 1. The maximum atomic E-state index is 13.8. The number of carbonyl (C=O) groups excluding carboxylic acids is 1. The predicted octanol–water partition coefficient (Wildman–Crippen LogP) is 7.16. The van der Waals surface area contributed by atoms with E-state index < -0.39 is 53.1 Å². The molecule has 0 aliphatic heterocycles. The van der Waals surface area contributed by atoms with Crippen LogP contribution in [0.1, 0.15) is 59.9 Å². The van der Waals surface area contributed by atoms with Gasteiger partial charge in [0.2, 0.25) is 5.60 Å². The summed E-state index contributed by atoms with van der Waals surface area (Å²) >= 11 is 0. The molecular weight excluding hydrogens is 519 g/mol. The summed E-state index contributed by atoms with van der Waals surface area (Å²) in [6, 6.07) is 9.68. The van der Waals surface area contributed by atoms with Crippen LogP contribution in [0.3, 0.4) is 0 Å². The van der Waals surface area contributed by atoms with Gasteiger partial charge in [-0.1, -0.05) is 18.2 Å². The molecule has 0 amide bonds. The molecule has 38 heavy (non-hydrogen) atoms. The van der Waals surface area contributed by atoms with E-state index in [0.717, 1.165) is 19.1 Å². The number of alkyl halides is 6. The molecule has 0 saturated heterocycles. The summed E-state index contributed by atoms with van der Waals surface area (Å²) in [5.41, 5.74) is -3.79. The number of halogens is 7. The topological polar surface area (TPSA) is 48.4 Å². The van der Waals surface area contributed by atoms with Crippen molar-refractivity contribution in [2.45, 2.75) is 56.9 Å². The monoisotopic (exact) mass is 541 g/mol. The van der Waals surface area contributed by atoms with E-state index >= 15 is 0 Å². The van der Waals surface area contributed by atoms with E-state index in [-0.39, 0.29) is 29.3 Å². The number of hydrogen-bond acceptors (Lipinski definition) is 4. The van der Waals surface area contributed by atoms with Gasteiger partial charge in [0.25, 0.3) is 0 Å². The number of rotatable bonds is 5. The molecule has 2 aromatic carbocycles. The number of aryl methyl sites for hydroxylation is 1. The minimum Gasteiger partial charge on any atom is -0.445 e. The van der Waals surface area contributed by atoms with Crippen LogP contribution in [-0.2, 0) is 38.6 Å². The fourth-order valence-corrected chi connectivity index (χ4v) is 4.74. The van der Waals surface area contributed by atoms with Gasteiger partial charge in [-0.25, -0.2) is 4.39 Å². The third-order valence-corrected chi connectivity index (χ3v) is 6.40. The first-order valence-electron chi connectivity index (χ1n) is 11.6. The number of benzene rings is 2. The summed E-state index contributed by atoms with van der Waals surface area (Å²) in [7, 11) is 0. The molecule has 1 heterocycles. The number of aromatic nitrogens is 1. The van der Waals surface area contributed by atoms with Gasteiger partial charge < -0.3 is 9.47 Å². The number of ether oxygens (including phenoxy) is 2. The van der Waals surface area contributed by atoms with Crippen LogP contribution >= 0.6 is 0 Å². The Hall–Kier alpha value is -3.47. The maximum Gasteiger partial charge on any atom is 0.416 e. The standard InChI is InChI=1S/C27H22F7NO3/c1-15(18-12-20(26(29,30)31)14-21(13-18)27(32,33)34)37-23-10-5-17-4-3-11-35-24(17)25(23,38-16(2)36)19-6-8-22(28)9-7-19/h3-4,6-9,11-15,23H,5,10H2,1-2H3/t15-,23?,25?/m1/s1. The van der Waals surface area contributed by atoms with Crippen LogP contribution in [0.5, 0.6) is 0 Å². The van der Waals surface area contributed by atoms with Crippen molar-refractivity contribution in [1.82, 2.24) is 4.98 Å². The summed E-state index contributed by atoms with van der Waals surface area (Å²) in [4.78, 5) is 16.7. The van der Waals surface area contributed by atoms with Gasteiger partial charge in [0, 0.05) is 18.7 Å². The molecule has 3 aromatic rings. The molecule has 0 spiro atoms. The van der Waals surface area contributed by atoms with Crippen LogP contribution in [0.15, 0.2) is 60.8 Å². The third kappa shape index (κ3) is 5.38. The average molecular weight is 541 g/mol. The molecule has 0 N–H and O–H groups in total. The van der Waals surface area contributed by atoms with Crippen LogP contribution < -0.4 is 0 Å². The Morgan fingerprint density at radius 3 is 2.16 bits per heavy atom. The van der Waals surface area contributed by atoms with Crippen LogP contribution in [0.4, 0.5) is 30.7 Å². The zero-order valence-corrected chi connectivity index (χ0v) is 20.2. The van der Waals surface area contributed by atoms with E-state index in [2.05, 4.69) is 4.98 Å². The molecule has 4 rings (SSSR count). The molecule has 11 heteroatoms. The van der Waals surface area contributed by atoms with E-state index in [1.165, 1.54) is 25.3 Å². The lowest BCUT2D eigenvalue weighted by Crippen LogP contribution is -2.50. The highest BCUT2D eigenvalue weighted by Crippen LogP contribution is 2.46. The molecule has 0 saturated carbocycles. The van der Waals surface area contributed by atoms with E-state index in [0.29, 0.717) is 24.1 Å². The smallest absolute Gasteiger partial charge is 0.416 e. The first-order chi connectivity index (χ1) is 17.7. The number of pyridine rings is 1. The zero-order valence-electron chi connectivity index (χ0n) is 20.2. The predicted molar refractivity (Wildman–Crippen MR) is 121 cm³/mol. The number of carbonyl (C=O) groups is 1. The Labute approximate surface area is 213 Å². The summed E-state index contributed by atoms with van der Waals surface area (Å²) in [5, 5.41) is 0. The van der Waals surface area contributed by atoms with E-state index in [1.54, 1.807) is 12.1 Å². The van der Waals surface area contributed by atoms with Crippen molar-refractivity contribution >= 4 is 5.97 Å². The van der Waals surface area contributed by atoms with Gasteiger partial charge in [0.05, 0.1) is 22.9 Å². The van der Waals surface area contributed by atoms with E-state index in [1.807, 2.05) is 0 Å². The van der Waals surface area contributed by atoms with Gasteiger partial charge in [-0.05, 0) is 67.3 Å². The Balaban J connectivity index is 1.84. The second-order valence-corrected chi connectivity index (χ2v) is 8.99. The molecule has 4 nitrogen and oxygen atoms in total. The SMILES string of the molecule is CC(=O)OC1(c2ccc(F)cc2)c2ncccc2CCC1O[C@H](C)c1cc(C(F)(F)F)cc(C(F)(F)F)c1. The molecule has 1 aliphatic rings. The number of hydrogen-bond donors (Lipinski definition) is 0. The van der Waals surface area contributed by atoms with Gasteiger partial charge in [0.15, 0.2) is 0 Å². The molecular formula is C27H22F7NO3. The maximum absolute atomic E-state index is 13.8. The van der Waals surface area contributed by atoms with E-state index in [9.17, 15) is 35.5 Å². The van der Waals surface area contributed by atoms with Crippen molar-refractivity contribution < 1.29 is 45.0 Å². The number of nitrogens with zero attached hydrogens (tertiary/aromatic N) is 1. The quantitative estimate of drug-likeness (QED) is 0.254. The Bertz CT molecular complexity index is 1290. The van der Waals surface area contributed by atoms with Crippen LogP contribution in [0.2, 0.25) is 0 Å². The van der Waals surface area contributed by atoms with Crippen molar-refractivity contribution in [2.75, 3.05) is 0 Å². The second kappa shape index (κ2) is 10.0. The fourth-order valence-electron chi connectivity index (χ4n) is 4.74. The van der Waals surface area contributed by atoms with E-state index in [4.69, 9.17) is 9.47 Å². The highest BCUT2D eigenvalue weighted by molar-refractivity contribution is 5.68. The molecule has 0 bridgehead atoms. The van der Waals surface area contributed by atoms with Gasteiger partial charge in [-0.2, -0.15) is 26.3 Å². The summed E-state index contributed by atoms with van der Waals surface area (Å²) in [6.07, 6.45) is -10.4. The zero-order chi connectivity index (χ0) is 27.9. The van der Waals surface area contributed by atoms with Crippen molar-refractivity contribution in [2.24, 2.45) is 0 Å². The first kappa shape index (κ1) is 27.6. The molecule has 1 aromatic heterocycles. The minimum absolute atomic E-state index is 0.0403.